The molecule has 0 radical (unpaired) electrons. The highest BCUT2D eigenvalue weighted by Crippen LogP contribution is 2.27. The summed E-state index contributed by atoms with van der Waals surface area (Å²) in [6.07, 6.45) is -0.912. The van der Waals surface area contributed by atoms with Crippen molar-refractivity contribution in [3.8, 4) is 5.75 Å². The largest absolute Gasteiger partial charge is 0.462 e. The molecule has 2 rings (SSSR count). The molecule has 1 heterocycles. The number of ether oxygens (including phenoxy) is 2. The van der Waals surface area contributed by atoms with E-state index in [1.807, 2.05) is 18.2 Å². The first kappa shape index (κ1) is 19.1. The minimum Gasteiger partial charge on any atom is -0.462 e. The van der Waals surface area contributed by atoms with E-state index in [9.17, 15) is 20.4 Å². The van der Waals surface area contributed by atoms with E-state index in [-0.39, 0.29) is 0 Å². The zero-order valence-corrected chi connectivity index (χ0v) is 14.0. The number of aliphatic hydroxyl groups excluding tert-OH is 4. The molecule has 24 heavy (non-hydrogen) atoms. The first-order valence-corrected chi connectivity index (χ1v) is 8.63. The second-order valence-electron chi connectivity index (χ2n) is 6.23. The molecule has 0 unspecified atom stereocenters. The number of para-hydroxylation sites is 1. The van der Waals surface area contributed by atoms with Gasteiger partial charge in [-0.15, -0.1) is 0 Å². The Labute approximate surface area is 142 Å². The lowest BCUT2D eigenvalue weighted by atomic mass is 9.99. The molecule has 6 heteroatoms. The van der Waals surface area contributed by atoms with Crippen LogP contribution in [0.25, 0.3) is 0 Å². The Morgan fingerprint density at radius 3 is 2.46 bits per heavy atom. The van der Waals surface area contributed by atoms with Crippen molar-refractivity contribution in [2.45, 2.75) is 69.7 Å². The van der Waals surface area contributed by atoms with Crippen LogP contribution in [-0.4, -0.2) is 57.7 Å². The van der Waals surface area contributed by atoms with Gasteiger partial charge in [0.25, 0.3) is 0 Å². The number of rotatable bonds is 8. The fourth-order valence-electron chi connectivity index (χ4n) is 2.86. The SMILES string of the molecule is CCCCCCc1ccccc1O[C@@H]1O[C@H](CO)[C@H](O)[C@H](O)[C@H]1O. The van der Waals surface area contributed by atoms with Gasteiger partial charge < -0.3 is 29.9 Å². The molecular weight excluding hydrogens is 312 g/mol. The molecular formula is C18H28O6. The van der Waals surface area contributed by atoms with Crippen molar-refractivity contribution in [2.75, 3.05) is 6.61 Å². The predicted octanol–water partition coefficient (Wildman–Crippen LogP) is 0.988. The van der Waals surface area contributed by atoms with Crippen molar-refractivity contribution >= 4 is 0 Å². The van der Waals surface area contributed by atoms with Gasteiger partial charge in [0.15, 0.2) is 0 Å². The Balaban J connectivity index is 2.04. The van der Waals surface area contributed by atoms with Crippen molar-refractivity contribution in [3.63, 3.8) is 0 Å². The molecule has 1 aliphatic rings. The van der Waals surface area contributed by atoms with E-state index in [0.29, 0.717) is 5.75 Å². The number of aliphatic hydroxyl groups is 4. The standard InChI is InChI=1S/C18H28O6/c1-2-3-4-5-8-12-9-6-7-10-13(12)23-18-17(22)16(21)15(20)14(11-19)24-18/h6-7,9-10,14-22H,2-5,8,11H2,1H3/t14-,15+,16+,17-,18-/m1/s1. The van der Waals surface area contributed by atoms with E-state index in [1.54, 1.807) is 6.07 Å². The lowest BCUT2D eigenvalue weighted by Crippen LogP contribution is -2.60. The highest BCUT2D eigenvalue weighted by Gasteiger charge is 2.44. The van der Waals surface area contributed by atoms with Crippen LogP contribution < -0.4 is 4.74 Å². The molecule has 1 fully saturated rings. The van der Waals surface area contributed by atoms with Gasteiger partial charge in [-0.05, 0) is 24.5 Å². The van der Waals surface area contributed by atoms with Gasteiger partial charge in [-0.3, -0.25) is 0 Å². The fraction of sp³-hybridized carbons (Fsp3) is 0.667. The maximum atomic E-state index is 10.1. The lowest BCUT2D eigenvalue weighted by molar-refractivity contribution is -0.277. The molecule has 0 amide bonds. The summed E-state index contributed by atoms with van der Waals surface area (Å²) in [6, 6.07) is 7.51. The van der Waals surface area contributed by atoms with Crippen molar-refractivity contribution in [2.24, 2.45) is 0 Å². The third kappa shape index (κ3) is 4.68. The smallest absolute Gasteiger partial charge is 0.229 e. The molecule has 0 bridgehead atoms. The summed E-state index contributed by atoms with van der Waals surface area (Å²) < 4.78 is 11.2. The van der Waals surface area contributed by atoms with Crippen LogP contribution in [0.2, 0.25) is 0 Å². The summed E-state index contributed by atoms with van der Waals surface area (Å²) in [7, 11) is 0. The third-order valence-corrected chi connectivity index (χ3v) is 4.36. The Hall–Kier alpha value is -1.18. The van der Waals surface area contributed by atoms with E-state index in [1.165, 1.54) is 12.8 Å². The fourth-order valence-corrected chi connectivity index (χ4v) is 2.86. The Morgan fingerprint density at radius 1 is 1.00 bits per heavy atom. The van der Waals surface area contributed by atoms with Crippen LogP contribution >= 0.6 is 0 Å². The average molecular weight is 340 g/mol. The quantitative estimate of drug-likeness (QED) is 0.527. The van der Waals surface area contributed by atoms with Crippen LogP contribution in [0.15, 0.2) is 24.3 Å². The maximum Gasteiger partial charge on any atom is 0.229 e. The molecule has 5 atom stereocenters. The summed E-state index contributed by atoms with van der Waals surface area (Å²) in [5, 5.41) is 39.0. The molecule has 0 aromatic heterocycles. The van der Waals surface area contributed by atoms with Crippen molar-refractivity contribution in [1.82, 2.24) is 0 Å². The first-order valence-electron chi connectivity index (χ1n) is 8.63. The number of benzene rings is 1. The zero-order chi connectivity index (χ0) is 17.5. The summed E-state index contributed by atoms with van der Waals surface area (Å²) in [5.41, 5.74) is 1.01. The molecule has 0 spiro atoms. The summed E-state index contributed by atoms with van der Waals surface area (Å²) in [4.78, 5) is 0. The number of hydrogen-bond acceptors (Lipinski definition) is 6. The van der Waals surface area contributed by atoms with Crippen LogP contribution in [0.3, 0.4) is 0 Å². The Morgan fingerprint density at radius 2 is 1.75 bits per heavy atom. The van der Waals surface area contributed by atoms with E-state index < -0.39 is 37.3 Å². The highest BCUT2D eigenvalue weighted by atomic mass is 16.7. The van der Waals surface area contributed by atoms with Gasteiger partial charge in [-0.2, -0.15) is 0 Å². The van der Waals surface area contributed by atoms with Crippen LogP contribution in [0.5, 0.6) is 5.75 Å². The van der Waals surface area contributed by atoms with E-state index in [2.05, 4.69) is 6.92 Å². The van der Waals surface area contributed by atoms with Crippen LogP contribution in [-0.2, 0) is 11.2 Å². The normalized spacial score (nSPS) is 30.3. The van der Waals surface area contributed by atoms with Crippen molar-refractivity contribution in [1.29, 1.82) is 0 Å². The van der Waals surface area contributed by atoms with Gasteiger partial charge in [-0.1, -0.05) is 44.4 Å². The highest BCUT2D eigenvalue weighted by molar-refractivity contribution is 5.33. The molecule has 136 valence electrons. The molecule has 1 aromatic carbocycles. The second-order valence-corrected chi connectivity index (χ2v) is 6.23. The zero-order valence-electron chi connectivity index (χ0n) is 14.0. The molecule has 6 nitrogen and oxygen atoms in total. The monoisotopic (exact) mass is 340 g/mol. The van der Waals surface area contributed by atoms with Gasteiger partial charge in [0.2, 0.25) is 6.29 Å². The third-order valence-electron chi connectivity index (χ3n) is 4.36. The summed E-state index contributed by atoms with van der Waals surface area (Å²) >= 11 is 0. The van der Waals surface area contributed by atoms with Gasteiger partial charge in [0, 0.05) is 0 Å². The second kappa shape index (κ2) is 9.34. The van der Waals surface area contributed by atoms with E-state index in [4.69, 9.17) is 9.47 Å². The molecule has 1 aromatic rings. The average Bonchev–Trinajstić information content (AvgIpc) is 2.60. The Kier molecular flexibility index (Phi) is 7.45. The van der Waals surface area contributed by atoms with Crippen LogP contribution in [0, 0.1) is 0 Å². The van der Waals surface area contributed by atoms with Gasteiger partial charge in [0.1, 0.15) is 30.2 Å². The van der Waals surface area contributed by atoms with Crippen molar-refractivity contribution in [3.05, 3.63) is 29.8 Å². The van der Waals surface area contributed by atoms with Gasteiger partial charge >= 0.3 is 0 Å². The number of hydrogen-bond donors (Lipinski definition) is 4. The van der Waals surface area contributed by atoms with Gasteiger partial charge in [-0.25, -0.2) is 0 Å². The summed E-state index contributed by atoms with van der Waals surface area (Å²) in [5.74, 6) is 0.582. The predicted molar refractivity (Wildman–Crippen MR) is 88.7 cm³/mol. The summed E-state index contributed by atoms with van der Waals surface area (Å²) in [6.45, 7) is 1.69. The lowest BCUT2D eigenvalue weighted by Gasteiger charge is -2.39. The topological polar surface area (TPSA) is 99.4 Å². The van der Waals surface area contributed by atoms with Crippen LogP contribution in [0.1, 0.15) is 38.2 Å². The van der Waals surface area contributed by atoms with Crippen molar-refractivity contribution < 1.29 is 29.9 Å². The van der Waals surface area contributed by atoms with Gasteiger partial charge in [0.05, 0.1) is 6.61 Å². The molecule has 0 aliphatic carbocycles. The molecule has 4 N–H and O–H groups in total. The number of unbranched alkanes of at least 4 members (excludes halogenated alkanes) is 3. The number of aryl methyl sites for hydroxylation is 1. The Bertz CT molecular complexity index is 492. The molecule has 1 aliphatic heterocycles. The molecule has 0 saturated carbocycles. The first-order chi connectivity index (χ1) is 11.6. The minimum absolute atomic E-state index is 0.469. The minimum atomic E-state index is -1.43. The maximum absolute atomic E-state index is 10.1. The van der Waals surface area contributed by atoms with E-state index >= 15 is 0 Å². The van der Waals surface area contributed by atoms with Crippen LogP contribution in [0.4, 0.5) is 0 Å². The molecule has 1 saturated heterocycles. The van der Waals surface area contributed by atoms with E-state index in [0.717, 1.165) is 24.8 Å².